The van der Waals surface area contributed by atoms with Crippen molar-refractivity contribution in [2.75, 3.05) is 11.9 Å². The molecule has 0 unspecified atom stereocenters. The van der Waals surface area contributed by atoms with Crippen molar-refractivity contribution in [2.45, 2.75) is 37.8 Å². The molecule has 0 bridgehead atoms. The van der Waals surface area contributed by atoms with Crippen LogP contribution in [0.25, 0.3) is 33.2 Å². The Morgan fingerprint density at radius 3 is 2.97 bits per heavy atom. The van der Waals surface area contributed by atoms with E-state index in [4.69, 9.17) is 27.3 Å². The molecule has 0 spiro atoms. The van der Waals surface area contributed by atoms with Crippen LogP contribution in [0.4, 0.5) is 5.82 Å². The van der Waals surface area contributed by atoms with E-state index in [9.17, 15) is 0 Å². The number of aromatic nitrogens is 5. The number of nitrogens with one attached hydrogen (secondary N) is 1. The van der Waals surface area contributed by atoms with Gasteiger partial charge in [-0.3, -0.25) is 4.68 Å². The maximum atomic E-state index is 6.71. The molecule has 150 valence electrons. The van der Waals surface area contributed by atoms with Crippen LogP contribution in [0.15, 0.2) is 30.7 Å². The van der Waals surface area contributed by atoms with Crippen LogP contribution in [0.3, 0.4) is 0 Å². The maximum Gasteiger partial charge on any atom is 0.159 e. The van der Waals surface area contributed by atoms with E-state index < -0.39 is 0 Å². The number of fused-ring (bicyclic) bond motifs is 2. The van der Waals surface area contributed by atoms with Crippen LogP contribution < -0.4 is 10.6 Å². The molecule has 3 aromatic heterocycles. The lowest BCUT2D eigenvalue weighted by atomic mass is 9.91. The summed E-state index contributed by atoms with van der Waals surface area (Å²) in [5.74, 6) is 0.860. The number of aryl methyl sites for hydroxylation is 1. The minimum absolute atomic E-state index is 0.273. The Hall–Kier alpha value is -2.64. The number of anilines is 1. The molecule has 7 nitrogen and oxygen atoms in total. The van der Waals surface area contributed by atoms with Crippen molar-refractivity contribution in [3.63, 3.8) is 0 Å². The first-order valence-corrected chi connectivity index (χ1v) is 10.3. The maximum absolute atomic E-state index is 6.71. The van der Waals surface area contributed by atoms with Gasteiger partial charge in [0, 0.05) is 55.1 Å². The Balaban J connectivity index is 1.52. The lowest BCUT2D eigenvalue weighted by molar-refractivity contribution is 0.381. The summed E-state index contributed by atoms with van der Waals surface area (Å²) < 4.78 is 1.77. The van der Waals surface area contributed by atoms with Gasteiger partial charge in [0.05, 0.1) is 16.7 Å². The van der Waals surface area contributed by atoms with Crippen molar-refractivity contribution in [3.05, 3.63) is 35.7 Å². The van der Waals surface area contributed by atoms with Crippen LogP contribution in [-0.2, 0) is 7.05 Å². The average Bonchev–Trinajstić information content (AvgIpc) is 3.30. The lowest BCUT2D eigenvalue weighted by Crippen LogP contribution is -2.41. The fraction of sp³-hybridized carbons (Fsp3) is 0.381. The number of benzene rings is 1. The standard InChI is InChI=1S/C21H24ClN7/c1-28-11-16-17(27-28)7-6-14(19(16)22)15-9-25-21-20(15)24-10-18(26-21)29(2)13-5-3-4-12(23)8-13/h6-7,9-13H,3-5,8,23H2,1-2H3,(H,25,26)/t12-,13+/m0/s1. The van der Waals surface area contributed by atoms with Gasteiger partial charge in [-0.25, -0.2) is 9.97 Å². The molecule has 1 aromatic carbocycles. The molecular weight excluding hydrogens is 386 g/mol. The van der Waals surface area contributed by atoms with Crippen LogP contribution >= 0.6 is 11.6 Å². The molecule has 0 aliphatic heterocycles. The third kappa shape index (κ3) is 3.14. The van der Waals surface area contributed by atoms with Crippen LogP contribution in [0, 0.1) is 0 Å². The second-order valence-electron chi connectivity index (χ2n) is 7.98. The van der Waals surface area contributed by atoms with Gasteiger partial charge in [0.1, 0.15) is 11.3 Å². The minimum atomic E-state index is 0.273. The first-order chi connectivity index (χ1) is 14.0. The average molecular weight is 410 g/mol. The summed E-state index contributed by atoms with van der Waals surface area (Å²) in [6, 6.07) is 4.65. The van der Waals surface area contributed by atoms with Gasteiger partial charge >= 0.3 is 0 Å². The zero-order valence-electron chi connectivity index (χ0n) is 16.6. The van der Waals surface area contributed by atoms with Crippen molar-refractivity contribution >= 4 is 39.5 Å². The first kappa shape index (κ1) is 18.4. The molecular formula is C21H24ClN7. The highest BCUT2D eigenvalue weighted by atomic mass is 35.5. The second kappa shape index (κ2) is 7.00. The predicted molar refractivity (Wildman–Crippen MR) is 117 cm³/mol. The molecule has 0 amide bonds. The van der Waals surface area contributed by atoms with Gasteiger partial charge in [0.25, 0.3) is 0 Å². The topological polar surface area (TPSA) is 88.7 Å². The summed E-state index contributed by atoms with van der Waals surface area (Å²) in [6.45, 7) is 0. The van der Waals surface area contributed by atoms with Crippen molar-refractivity contribution in [2.24, 2.45) is 12.8 Å². The zero-order chi connectivity index (χ0) is 20.1. The van der Waals surface area contributed by atoms with E-state index in [0.29, 0.717) is 11.1 Å². The van der Waals surface area contributed by atoms with Gasteiger partial charge in [0.2, 0.25) is 0 Å². The fourth-order valence-corrected chi connectivity index (χ4v) is 4.70. The van der Waals surface area contributed by atoms with Crippen LogP contribution in [0.1, 0.15) is 25.7 Å². The molecule has 0 radical (unpaired) electrons. The number of aromatic amines is 1. The number of nitrogens with two attached hydrogens (primary N) is 1. The Bertz CT molecular complexity index is 1190. The third-order valence-corrected chi connectivity index (χ3v) is 6.40. The highest BCUT2D eigenvalue weighted by Gasteiger charge is 2.24. The van der Waals surface area contributed by atoms with Crippen molar-refractivity contribution in [1.29, 1.82) is 0 Å². The van der Waals surface area contributed by atoms with Crippen LogP contribution in [-0.4, -0.2) is 43.9 Å². The second-order valence-corrected chi connectivity index (χ2v) is 8.36. The minimum Gasteiger partial charge on any atom is -0.355 e. The quantitative estimate of drug-likeness (QED) is 0.536. The SMILES string of the molecule is CN(c1cnc2c(-c3ccc4nn(C)cc4c3Cl)c[nH]c2n1)[C@@H]1CCC[C@H](N)C1. The largest absolute Gasteiger partial charge is 0.355 e. The van der Waals surface area contributed by atoms with Gasteiger partial charge < -0.3 is 15.6 Å². The predicted octanol–water partition coefficient (Wildman–Crippen LogP) is 3.87. The summed E-state index contributed by atoms with van der Waals surface area (Å²) in [6.07, 6.45) is 10.1. The van der Waals surface area contributed by atoms with E-state index in [-0.39, 0.29) is 6.04 Å². The van der Waals surface area contributed by atoms with Crippen LogP contribution in [0.2, 0.25) is 5.02 Å². The summed E-state index contributed by atoms with van der Waals surface area (Å²) in [4.78, 5) is 15.0. The van der Waals surface area contributed by atoms with Gasteiger partial charge in [-0.2, -0.15) is 5.10 Å². The van der Waals surface area contributed by atoms with Gasteiger partial charge in [-0.1, -0.05) is 17.7 Å². The van der Waals surface area contributed by atoms with E-state index in [1.165, 1.54) is 0 Å². The molecule has 5 rings (SSSR count). The Morgan fingerprint density at radius 2 is 2.14 bits per heavy atom. The molecule has 1 aliphatic rings. The fourth-order valence-electron chi connectivity index (χ4n) is 4.39. The van der Waals surface area contributed by atoms with E-state index in [1.54, 1.807) is 4.68 Å². The summed E-state index contributed by atoms with van der Waals surface area (Å²) in [7, 11) is 3.97. The number of hydrogen-bond donors (Lipinski definition) is 2. The number of rotatable bonds is 3. The van der Waals surface area contributed by atoms with E-state index in [1.807, 2.05) is 37.8 Å². The number of nitrogens with zero attached hydrogens (tertiary/aromatic N) is 5. The van der Waals surface area contributed by atoms with E-state index in [0.717, 1.165) is 64.7 Å². The van der Waals surface area contributed by atoms with Gasteiger partial charge in [0.15, 0.2) is 5.65 Å². The zero-order valence-corrected chi connectivity index (χ0v) is 17.3. The first-order valence-electron chi connectivity index (χ1n) is 9.96. The summed E-state index contributed by atoms with van der Waals surface area (Å²) >= 11 is 6.71. The Labute approximate surface area is 173 Å². The smallest absolute Gasteiger partial charge is 0.159 e. The number of H-pyrrole nitrogens is 1. The molecule has 1 saturated carbocycles. The van der Waals surface area contributed by atoms with Crippen LogP contribution in [0.5, 0.6) is 0 Å². The van der Waals surface area contributed by atoms with Crippen molar-refractivity contribution < 1.29 is 0 Å². The molecule has 4 aromatic rings. The molecule has 1 fully saturated rings. The van der Waals surface area contributed by atoms with E-state index >= 15 is 0 Å². The third-order valence-electron chi connectivity index (χ3n) is 5.99. The molecule has 8 heteroatoms. The molecule has 29 heavy (non-hydrogen) atoms. The molecule has 3 N–H and O–H groups in total. The Morgan fingerprint density at radius 1 is 1.28 bits per heavy atom. The summed E-state index contributed by atoms with van der Waals surface area (Å²) in [5.41, 5.74) is 10.5. The molecule has 3 heterocycles. The molecule has 0 saturated heterocycles. The number of halogens is 1. The van der Waals surface area contributed by atoms with Crippen molar-refractivity contribution in [1.82, 2.24) is 24.7 Å². The van der Waals surface area contributed by atoms with Crippen molar-refractivity contribution in [3.8, 4) is 11.1 Å². The molecule has 1 aliphatic carbocycles. The molecule has 2 atom stereocenters. The lowest BCUT2D eigenvalue weighted by Gasteiger charge is -2.34. The normalized spacial score (nSPS) is 19.9. The highest BCUT2D eigenvalue weighted by Crippen LogP contribution is 2.37. The van der Waals surface area contributed by atoms with E-state index in [2.05, 4.69) is 22.0 Å². The monoisotopic (exact) mass is 409 g/mol. The van der Waals surface area contributed by atoms with Gasteiger partial charge in [-0.05, 0) is 31.7 Å². The highest BCUT2D eigenvalue weighted by molar-refractivity contribution is 6.38. The summed E-state index contributed by atoms with van der Waals surface area (Å²) in [5, 5.41) is 6.03. The Kier molecular flexibility index (Phi) is 4.44. The van der Waals surface area contributed by atoms with Gasteiger partial charge in [-0.15, -0.1) is 0 Å². The number of hydrogen-bond acceptors (Lipinski definition) is 5.